The number of methoxy groups -OCH3 is 1. The molecule has 1 saturated heterocycles. The van der Waals surface area contributed by atoms with Gasteiger partial charge in [0.05, 0.1) is 19.6 Å². The average Bonchev–Trinajstić information content (AvgIpc) is 2.98. The molecule has 1 aliphatic rings. The van der Waals surface area contributed by atoms with E-state index in [1.165, 1.54) is 7.11 Å². The van der Waals surface area contributed by atoms with Gasteiger partial charge in [0.2, 0.25) is 5.91 Å². The number of esters is 1. The first-order valence-electron chi connectivity index (χ1n) is 8.18. The van der Waals surface area contributed by atoms with E-state index in [2.05, 4.69) is 39.2 Å². The van der Waals surface area contributed by atoms with Crippen molar-refractivity contribution in [1.82, 2.24) is 5.32 Å². The summed E-state index contributed by atoms with van der Waals surface area (Å²) in [6, 6.07) is -0.669. The largest absolute Gasteiger partial charge is 0.467 e. The second-order valence-electron chi connectivity index (χ2n) is 7.54. The molecular formula is C16H31NO5Si. The van der Waals surface area contributed by atoms with Gasteiger partial charge >= 0.3 is 5.97 Å². The van der Waals surface area contributed by atoms with Crippen molar-refractivity contribution < 1.29 is 23.5 Å². The molecular weight excluding hydrogens is 314 g/mol. The third-order valence-electron chi connectivity index (χ3n) is 4.78. The minimum Gasteiger partial charge on any atom is -0.467 e. The van der Waals surface area contributed by atoms with Crippen LogP contribution in [0.5, 0.6) is 0 Å². The maximum atomic E-state index is 12.2. The summed E-state index contributed by atoms with van der Waals surface area (Å²) in [5.74, 6) is -0.759. The molecule has 1 heterocycles. The number of carbonyl (C=O) groups excluding carboxylic acids is 2. The zero-order valence-corrected chi connectivity index (χ0v) is 16.2. The van der Waals surface area contributed by atoms with Gasteiger partial charge in [-0.15, -0.1) is 0 Å². The van der Waals surface area contributed by atoms with Crippen LogP contribution in [0.4, 0.5) is 0 Å². The van der Waals surface area contributed by atoms with Gasteiger partial charge in [0, 0.05) is 19.6 Å². The second-order valence-corrected chi connectivity index (χ2v) is 12.4. The molecule has 0 aromatic heterocycles. The van der Waals surface area contributed by atoms with Gasteiger partial charge in [0.1, 0.15) is 6.04 Å². The highest BCUT2D eigenvalue weighted by Gasteiger charge is 2.37. The maximum absolute atomic E-state index is 12.2. The molecule has 1 amide bonds. The Balaban J connectivity index is 2.55. The van der Waals surface area contributed by atoms with Crippen LogP contribution in [0.1, 0.15) is 33.6 Å². The number of hydrogen-bond acceptors (Lipinski definition) is 5. The lowest BCUT2D eigenvalue weighted by molar-refractivity contribution is -0.146. The SMILES string of the molecule is COC(=O)[C@@H](CCO[Si](C)(C)C(C)(C)C)NC(=O)[C@@H]1CCOC1. The van der Waals surface area contributed by atoms with Gasteiger partial charge < -0.3 is 19.2 Å². The Morgan fingerprint density at radius 2 is 2.00 bits per heavy atom. The molecule has 134 valence electrons. The molecule has 1 rings (SSSR count). The minimum absolute atomic E-state index is 0.109. The van der Waals surface area contributed by atoms with Crippen LogP contribution in [0.15, 0.2) is 0 Å². The van der Waals surface area contributed by atoms with Crippen LogP contribution in [0.2, 0.25) is 18.1 Å². The summed E-state index contributed by atoms with van der Waals surface area (Å²) in [4.78, 5) is 24.1. The number of amides is 1. The van der Waals surface area contributed by atoms with Crippen molar-refractivity contribution in [3.05, 3.63) is 0 Å². The molecule has 0 aliphatic carbocycles. The second kappa shape index (κ2) is 8.26. The molecule has 23 heavy (non-hydrogen) atoms. The van der Waals surface area contributed by atoms with Gasteiger partial charge in [-0.1, -0.05) is 20.8 Å². The fourth-order valence-electron chi connectivity index (χ4n) is 2.07. The Morgan fingerprint density at radius 3 is 2.48 bits per heavy atom. The lowest BCUT2D eigenvalue weighted by Gasteiger charge is -2.36. The highest BCUT2D eigenvalue weighted by molar-refractivity contribution is 6.74. The maximum Gasteiger partial charge on any atom is 0.328 e. The van der Waals surface area contributed by atoms with Crippen LogP contribution in [0.3, 0.4) is 0 Å². The highest BCUT2D eigenvalue weighted by atomic mass is 28.4. The fourth-order valence-corrected chi connectivity index (χ4v) is 3.13. The van der Waals surface area contributed by atoms with Crippen molar-refractivity contribution in [1.29, 1.82) is 0 Å². The Morgan fingerprint density at radius 1 is 1.35 bits per heavy atom. The normalized spacial score (nSPS) is 20.2. The summed E-state index contributed by atoms with van der Waals surface area (Å²) in [5, 5.41) is 2.89. The minimum atomic E-state index is -1.87. The molecule has 0 aromatic rings. The molecule has 0 radical (unpaired) electrons. The van der Waals surface area contributed by atoms with Crippen molar-refractivity contribution in [3.8, 4) is 0 Å². The fraction of sp³-hybridized carbons (Fsp3) is 0.875. The summed E-state index contributed by atoms with van der Waals surface area (Å²) >= 11 is 0. The lowest BCUT2D eigenvalue weighted by atomic mass is 10.1. The lowest BCUT2D eigenvalue weighted by Crippen LogP contribution is -2.46. The van der Waals surface area contributed by atoms with Crippen LogP contribution < -0.4 is 5.32 Å². The topological polar surface area (TPSA) is 73.9 Å². The van der Waals surface area contributed by atoms with Crippen LogP contribution in [0, 0.1) is 5.92 Å². The highest BCUT2D eigenvalue weighted by Crippen LogP contribution is 2.36. The molecule has 1 N–H and O–H groups in total. The van der Waals surface area contributed by atoms with Gasteiger partial charge in [-0.3, -0.25) is 4.79 Å². The molecule has 0 spiro atoms. The molecule has 1 fully saturated rings. The third kappa shape index (κ3) is 5.89. The molecule has 1 aliphatic heterocycles. The van der Waals surface area contributed by atoms with Crippen LogP contribution in [-0.4, -0.2) is 53.2 Å². The predicted octanol–water partition coefficient (Wildman–Crippen LogP) is 2.09. The molecule has 0 saturated carbocycles. The Kier molecular flexibility index (Phi) is 7.22. The molecule has 2 atom stereocenters. The Hall–Kier alpha value is -0.923. The van der Waals surface area contributed by atoms with Crippen LogP contribution >= 0.6 is 0 Å². The standard InChI is InChI=1S/C16H31NO5Si/c1-16(2,3)23(5,6)22-10-8-13(15(19)20-4)17-14(18)12-7-9-21-11-12/h12-13H,7-11H2,1-6H3,(H,17,18)/t12-,13-/m1/s1. The predicted molar refractivity (Wildman–Crippen MR) is 90.6 cm³/mol. The summed E-state index contributed by atoms with van der Waals surface area (Å²) < 4.78 is 16.1. The van der Waals surface area contributed by atoms with Gasteiger partial charge in [-0.2, -0.15) is 0 Å². The summed E-state index contributed by atoms with van der Waals surface area (Å²) in [7, 11) is -0.539. The molecule has 0 aromatic carbocycles. The van der Waals surface area contributed by atoms with Crippen molar-refractivity contribution in [2.45, 2.75) is 57.8 Å². The van der Waals surface area contributed by atoms with E-state index < -0.39 is 20.3 Å². The van der Waals surface area contributed by atoms with E-state index >= 15 is 0 Å². The first-order valence-corrected chi connectivity index (χ1v) is 11.1. The number of carbonyl (C=O) groups is 2. The summed E-state index contributed by atoms with van der Waals surface area (Å²) in [5.41, 5.74) is 0. The first-order chi connectivity index (χ1) is 10.6. The number of hydrogen-bond donors (Lipinski definition) is 1. The number of ether oxygens (including phenoxy) is 2. The van der Waals surface area contributed by atoms with E-state index in [1.54, 1.807) is 0 Å². The van der Waals surface area contributed by atoms with Gasteiger partial charge in [-0.05, 0) is 24.6 Å². The van der Waals surface area contributed by atoms with Gasteiger partial charge in [-0.25, -0.2) is 4.79 Å². The van der Waals surface area contributed by atoms with E-state index in [0.717, 1.165) is 0 Å². The number of rotatable bonds is 7. The first kappa shape index (κ1) is 20.1. The zero-order valence-electron chi connectivity index (χ0n) is 15.2. The molecule has 7 heteroatoms. The monoisotopic (exact) mass is 345 g/mol. The van der Waals surface area contributed by atoms with Crippen molar-refractivity contribution in [2.75, 3.05) is 26.9 Å². The van der Waals surface area contributed by atoms with Crippen LogP contribution in [0.25, 0.3) is 0 Å². The van der Waals surface area contributed by atoms with E-state index in [0.29, 0.717) is 32.7 Å². The van der Waals surface area contributed by atoms with Gasteiger partial charge in [0.15, 0.2) is 8.32 Å². The Labute approximate surface area is 140 Å². The van der Waals surface area contributed by atoms with Crippen molar-refractivity contribution in [3.63, 3.8) is 0 Å². The van der Waals surface area contributed by atoms with E-state index in [9.17, 15) is 9.59 Å². The summed E-state index contributed by atoms with van der Waals surface area (Å²) in [6.45, 7) is 12.3. The number of nitrogens with one attached hydrogen (secondary N) is 1. The van der Waals surface area contributed by atoms with Crippen LogP contribution in [-0.2, 0) is 23.5 Å². The average molecular weight is 346 g/mol. The van der Waals surface area contributed by atoms with Crippen molar-refractivity contribution >= 4 is 20.2 Å². The molecule has 6 nitrogen and oxygen atoms in total. The Bertz CT molecular complexity index is 413. The van der Waals surface area contributed by atoms with E-state index in [4.69, 9.17) is 13.9 Å². The summed E-state index contributed by atoms with van der Waals surface area (Å²) in [6.07, 6.45) is 1.11. The smallest absolute Gasteiger partial charge is 0.328 e. The molecule has 0 bridgehead atoms. The van der Waals surface area contributed by atoms with Gasteiger partial charge in [0.25, 0.3) is 0 Å². The quantitative estimate of drug-likeness (QED) is 0.565. The van der Waals surface area contributed by atoms with Crippen molar-refractivity contribution in [2.24, 2.45) is 5.92 Å². The third-order valence-corrected chi connectivity index (χ3v) is 9.32. The zero-order chi connectivity index (χ0) is 17.7. The van der Waals surface area contributed by atoms with E-state index in [-0.39, 0.29) is 16.9 Å². The molecule has 0 unspecified atom stereocenters. The van der Waals surface area contributed by atoms with E-state index in [1.807, 2.05) is 0 Å².